The summed E-state index contributed by atoms with van der Waals surface area (Å²) in [6, 6.07) is 6.68. The van der Waals surface area contributed by atoms with Crippen molar-refractivity contribution in [2.24, 2.45) is 11.8 Å². The van der Waals surface area contributed by atoms with Crippen molar-refractivity contribution < 1.29 is 23.1 Å². The molecule has 0 spiro atoms. The van der Waals surface area contributed by atoms with Crippen LogP contribution in [0.25, 0.3) is 0 Å². The molecule has 1 N–H and O–H groups in total. The highest BCUT2D eigenvalue weighted by molar-refractivity contribution is 9.10. The highest BCUT2D eigenvalue weighted by atomic mass is 79.9. The second-order valence-electron chi connectivity index (χ2n) is 9.74. The van der Waals surface area contributed by atoms with Crippen LogP contribution in [0.5, 0.6) is 5.75 Å². The van der Waals surface area contributed by atoms with Crippen LogP contribution in [-0.4, -0.2) is 40.0 Å². The van der Waals surface area contributed by atoms with Crippen molar-refractivity contribution in [1.29, 1.82) is 0 Å². The van der Waals surface area contributed by atoms with Gasteiger partial charge in [0, 0.05) is 33.9 Å². The van der Waals surface area contributed by atoms with Gasteiger partial charge < -0.3 is 10.0 Å². The molecule has 1 aromatic heterocycles. The minimum Gasteiger partial charge on any atom is -0.502 e. The standard InChI is InChI=1S/C26H25BrF3N3O3S/c1-14-3-6-21-19(9-14)22(18-5-4-17(27)10-16(18)12-37-21)33-13-31(11-15(2)26(28,29)30)25(36)23-24(35)20(34)7-8-32(23)33/h3-8,10,14-15,22,35H,9,11-13H2,1-2H3/t14?,15-,22-/m0/s1. The fourth-order valence-electron chi connectivity index (χ4n) is 5.08. The van der Waals surface area contributed by atoms with Crippen molar-refractivity contribution >= 4 is 33.6 Å². The number of amides is 1. The number of aromatic hydroxyl groups is 1. The number of hydrogen-bond acceptors (Lipinski definition) is 5. The molecular weight excluding hydrogens is 571 g/mol. The summed E-state index contributed by atoms with van der Waals surface area (Å²) in [6.45, 7) is 2.38. The predicted octanol–water partition coefficient (Wildman–Crippen LogP) is 5.70. The van der Waals surface area contributed by atoms with E-state index in [1.54, 1.807) is 16.8 Å². The maximum Gasteiger partial charge on any atom is 0.393 e. The van der Waals surface area contributed by atoms with E-state index in [-0.39, 0.29) is 18.3 Å². The lowest BCUT2D eigenvalue weighted by atomic mass is 9.86. The molecule has 0 saturated heterocycles. The van der Waals surface area contributed by atoms with Gasteiger partial charge in [0.2, 0.25) is 5.43 Å². The average molecular weight is 596 g/mol. The van der Waals surface area contributed by atoms with E-state index >= 15 is 0 Å². The van der Waals surface area contributed by atoms with E-state index in [9.17, 15) is 27.9 Å². The van der Waals surface area contributed by atoms with Crippen molar-refractivity contribution in [2.45, 2.75) is 38.2 Å². The Hall–Kier alpha value is -2.66. The predicted molar refractivity (Wildman–Crippen MR) is 140 cm³/mol. The summed E-state index contributed by atoms with van der Waals surface area (Å²) in [4.78, 5) is 27.8. The van der Waals surface area contributed by atoms with Crippen LogP contribution in [0.2, 0.25) is 0 Å². The Morgan fingerprint density at radius 1 is 1.24 bits per heavy atom. The maximum absolute atomic E-state index is 13.5. The Labute approximate surface area is 224 Å². The molecule has 1 aromatic carbocycles. The number of rotatable bonds is 3. The van der Waals surface area contributed by atoms with Gasteiger partial charge in [-0.1, -0.05) is 48.0 Å². The van der Waals surface area contributed by atoms with Crippen LogP contribution in [0.4, 0.5) is 13.2 Å². The van der Waals surface area contributed by atoms with Crippen LogP contribution in [0, 0.1) is 11.8 Å². The zero-order valence-electron chi connectivity index (χ0n) is 20.1. The van der Waals surface area contributed by atoms with E-state index in [2.05, 4.69) is 35.0 Å². The lowest BCUT2D eigenvalue weighted by Crippen LogP contribution is -2.57. The van der Waals surface area contributed by atoms with E-state index in [1.807, 2.05) is 18.2 Å². The van der Waals surface area contributed by atoms with Crippen LogP contribution < -0.4 is 10.4 Å². The lowest BCUT2D eigenvalue weighted by Gasteiger charge is -2.45. The molecule has 3 atom stereocenters. The Kier molecular flexibility index (Phi) is 6.72. The highest BCUT2D eigenvalue weighted by Crippen LogP contribution is 2.47. The molecule has 196 valence electrons. The van der Waals surface area contributed by atoms with Gasteiger partial charge in [-0.25, -0.2) is 0 Å². The quantitative estimate of drug-likeness (QED) is 0.493. The molecule has 5 rings (SSSR count). The van der Waals surface area contributed by atoms with Crippen molar-refractivity contribution in [2.75, 3.05) is 18.2 Å². The van der Waals surface area contributed by atoms with E-state index in [1.165, 1.54) is 16.9 Å². The van der Waals surface area contributed by atoms with E-state index in [4.69, 9.17) is 0 Å². The van der Waals surface area contributed by atoms with E-state index in [0.717, 1.165) is 44.3 Å². The normalized spacial score (nSPS) is 22.4. The molecular formula is C26H25BrF3N3O3S. The van der Waals surface area contributed by atoms with Gasteiger partial charge in [0.15, 0.2) is 11.4 Å². The number of pyridine rings is 1. The summed E-state index contributed by atoms with van der Waals surface area (Å²) in [5.74, 6) is -2.43. The van der Waals surface area contributed by atoms with Gasteiger partial charge in [0.1, 0.15) is 6.67 Å². The Balaban J connectivity index is 1.71. The molecule has 0 radical (unpaired) electrons. The number of allylic oxidation sites excluding steroid dienone is 2. The second kappa shape index (κ2) is 9.58. The number of carbonyl (C=O) groups is 1. The number of alkyl halides is 3. The van der Waals surface area contributed by atoms with Crippen LogP contribution in [-0.2, 0) is 5.75 Å². The number of carbonyl (C=O) groups excluding carboxylic acids is 1. The molecule has 1 unspecified atom stereocenters. The fraction of sp³-hybridized carbons (Fsp3) is 0.385. The van der Waals surface area contributed by atoms with Gasteiger partial charge in [-0.15, -0.1) is 11.8 Å². The third kappa shape index (κ3) is 4.71. The van der Waals surface area contributed by atoms with Gasteiger partial charge >= 0.3 is 6.18 Å². The molecule has 0 fully saturated rings. The Bertz CT molecular complexity index is 1390. The maximum atomic E-state index is 13.5. The van der Waals surface area contributed by atoms with Gasteiger partial charge in [-0.2, -0.15) is 13.2 Å². The summed E-state index contributed by atoms with van der Waals surface area (Å²) in [5.41, 5.74) is 2.01. The molecule has 0 saturated carbocycles. The van der Waals surface area contributed by atoms with Gasteiger partial charge in [0.25, 0.3) is 5.91 Å². The van der Waals surface area contributed by atoms with Gasteiger partial charge in [-0.3, -0.25) is 19.3 Å². The smallest absolute Gasteiger partial charge is 0.393 e. The molecule has 3 heterocycles. The van der Waals surface area contributed by atoms with Crippen molar-refractivity contribution in [3.05, 3.63) is 84.6 Å². The molecule has 37 heavy (non-hydrogen) atoms. The monoisotopic (exact) mass is 595 g/mol. The fourth-order valence-corrected chi connectivity index (χ4v) is 6.60. The summed E-state index contributed by atoms with van der Waals surface area (Å²) >= 11 is 5.24. The second-order valence-corrected chi connectivity index (χ2v) is 11.7. The zero-order valence-corrected chi connectivity index (χ0v) is 22.5. The molecule has 2 aliphatic heterocycles. The zero-order chi connectivity index (χ0) is 26.6. The highest BCUT2D eigenvalue weighted by Gasteiger charge is 2.43. The first kappa shape index (κ1) is 26.0. The number of nitrogens with zero attached hydrogens (tertiary/aromatic N) is 3. The number of fused-ring (bicyclic) bond motifs is 2. The molecule has 2 aromatic rings. The summed E-state index contributed by atoms with van der Waals surface area (Å²) in [7, 11) is 0. The Morgan fingerprint density at radius 3 is 2.73 bits per heavy atom. The van der Waals surface area contributed by atoms with Crippen LogP contribution >= 0.6 is 27.7 Å². The van der Waals surface area contributed by atoms with Gasteiger partial charge in [-0.05, 0) is 41.2 Å². The summed E-state index contributed by atoms with van der Waals surface area (Å²) in [5, 5.41) is 12.4. The van der Waals surface area contributed by atoms with Crippen LogP contribution in [0.1, 0.15) is 47.9 Å². The van der Waals surface area contributed by atoms with Crippen LogP contribution in [0.3, 0.4) is 0 Å². The van der Waals surface area contributed by atoms with Crippen molar-refractivity contribution in [3.8, 4) is 5.75 Å². The number of hydrogen-bond donors (Lipinski definition) is 1. The number of aromatic nitrogens is 1. The van der Waals surface area contributed by atoms with Crippen molar-refractivity contribution in [3.63, 3.8) is 0 Å². The van der Waals surface area contributed by atoms with E-state index in [0.29, 0.717) is 5.75 Å². The molecule has 1 amide bonds. The largest absolute Gasteiger partial charge is 0.502 e. The molecule has 6 nitrogen and oxygen atoms in total. The third-order valence-corrected chi connectivity index (χ3v) is 8.69. The summed E-state index contributed by atoms with van der Waals surface area (Å²) < 4.78 is 42.8. The first-order valence-electron chi connectivity index (χ1n) is 11.9. The topological polar surface area (TPSA) is 65.8 Å². The molecule has 1 aliphatic carbocycles. The molecule has 0 bridgehead atoms. The SMILES string of the molecule is CC1C=CC2=C(C1)[C@@H](N1CN(C[C@H](C)C(F)(F)F)C(=O)c3c(O)c(=O)ccn31)c1ccc(Br)cc1CS2. The number of benzene rings is 1. The summed E-state index contributed by atoms with van der Waals surface area (Å²) in [6.07, 6.45) is 1.87. The number of halogens is 4. The minimum absolute atomic E-state index is 0.145. The number of thioether (sulfide) groups is 1. The molecule has 11 heteroatoms. The van der Waals surface area contributed by atoms with Crippen LogP contribution in [0.15, 0.2) is 62.4 Å². The minimum atomic E-state index is -4.50. The lowest BCUT2D eigenvalue weighted by molar-refractivity contribution is -0.172. The Morgan fingerprint density at radius 2 is 2.00 bits per heavy atom. The van der Waals surface area contributed by atoms with Gasteiger partial charge in [0.05, 0.1) is 12.0 Å². The average Bonchev–Trinajstić information content (AvgIpc) is 2.98. The first-order valence-corrected chi connectivity index (χ1v) is 13.6. The molecule has 3 aliphatic rings. The first-order chi connectivity index (χ1) is 17.5. The third-order valence-electron chi connectivity index (χ3n) is 7.03. The van der Waals surface area contributed by atoms with E-state index < -0.39 is 41.8 Å². The van der Waals surface area contributed by atoms with Crippen molar-refractivity contribution in [1.82, 2.24) is 9.58 Å².